The maximum absolute atomic E-state index is 14.4. The topological polar surface area (TPSA) is 130 Å². The predicted octanol–water partition coefficient (Wildman–Crippen LogP) is 2.22. The molecule has 0 spiro atoms. The van der Waals surface area contributed by atoms with Crippen LogP contribution >= 0.6 is 0 Å². The van der Waals surface area contributed by atoms with Crippen molar-refractivity contribution < 1.29 is 13.9 Å². The van der Waals surface area contributed by atoms with Gasteiger partial charge in [-0.1, -0.05) is 0 Å². The second-order valence-electron chi connectivity index (χ2n) is 8.52. The molecule has 0 bridgehead atoms. The Labute approximate surface area is 201 Å². The molecule has 1 fully saturated rings. The lowest BCUT2D eigenvalue weighted by atomic mass is 10.0. The Balaban J connectivity index is 1.56. The fourth-order valence-electron chi connectivity index (χ4n) is 4.55. The molecule has 4 heterocycles. The average molecular weight is 479 g/mol. The number of nitrogens with zero attached hydrogens (tertiary/aromatic N) is 6. The molecule has 2 atom stereocenters. The van der Waals surface area contributed by atoms with Gasteiger partial charge >= 0.3 is 0 Å². The van der Waals surface area contributed by atoms with Gasteiger partial charge in [0, 0.05) is 31.8 Å². The van der Waals surface area contributed by atoms with E-state index in [1.165, 1.54) is 19.5 Å². The van der Waals surface area contributed by atoms with Crippen molar-refractivity contribution in [1.82, 2.24) is 24.5 Å². The summed E-state index contributed by atoms with van der Waals surface area (Å²) in [7, 11) is 3.13. The van der Waals surface area contributed by atoms with Crippen molar-refractivity contribution in [3.05, 3.63) is 54.5 Å². The molecule has 182 valence electrons. The number of pyridine rings is 1. The number of benzene rings is 1. The van der Waals surface area contributed by atoms with Crippen molar-refractivity contribution in [1.29, 1.82) is 0 Å². The Bertz CT molecular complexity index is 1360. The van der Waals surface area contributed by atoms with Crippen LogP contribution in [0, 0.1) is 5.82 Å². The molecule has 1 aliphatic rings. The highest BCUT2D eigenvalue weighted by atomic mass is 19.1. The number of methoxy groups -OCH3 is 2. The monoisotopic (exact) mass is 478 g/mol. The summed E-state index contributed by atoms with van der Waals surface area (Å²) in [6, 6.07) is 6.64. The maximum atomic E-state index is 14.4. The Kier molecular flexibility index (Phi) is 6.18. The quantitative estimate of drug-likeness (QED) is 0.428. The molecule has 4 N–H and O–H groups in total. The van der Waals surface area contributed by atoms with Gasteiger partial charge in [0.25, 0.3) is 0 Å². The van der Waals surface area contributed by atoms with Crippen molar-refractivity contribution in [2.75, 3.05) is 37.9 Å². The molecule has 0 saturated carbocycles. The molecule has 2 unspecified atom stereocenters. The summed E-state index contributed by atoms with van der Waals surface area (Å²) in [5.41, 5.74) is 16.7. The van der Waals surface area contributed by atoms with Gasteiger partial charge in [-0.2, -0.15) is 0 Å². The fourth-order valence-corrected chi connectivity index (χ4v) is 4.55. The molecule has 1 saturated heterocycles. The van der Waals surface area contributed by atoms with Crippen LogP contribution in [0.5, 0.6) is 5.75 Å². The van der Waals surface area contributed by atoms with E-state index in [1.54, 1.807) is 25.6 Å². The van der Waals surface area contributed by atoms with Gasteiger partial charge in [0.15, 0.2) is 23.0 Å². The molecule has 1 aromatic carbocycles. The van der Waals surface area contributed by atoms with Gasteiger partial charge in [0.1, 0.15) is 11.8 Å². The van der Waals surface area contributed by atoms with Gasteiger partial charge in [-0.15, -0.1) is 0 Å². The minimum atomic E-state index is -0.446. The van der Waals surface area contributed by atoms with E-state index in [4.69, 9.17) is 20.9 Å². The lowest BCUT2D eigenvalue weighted by Crippen LogP contribution is -2.52. The zero-order valence-corrected chi connectivity index (χ0v) is 19.6. The number of imidazole rings is 1. The first-order valence-electron chi connectivity index (χ1n) is 11.3. The van der Waals surface area contributed by atoms with Gasteiger partial charge in [-0.25, -0.2) is 19.3 Å². The highest BCUT2D eigenvalue weighted by Crippen LogP contribution is 2.31. The molecular formula is C24H27FN8O2. The molecule has 0 radical (unpaired) electrons. The standard InChI is InChI=1S/C24H27FN8O2/c1-34-20-4-3-14(7-16(20)25)18-8-15(10-33-13-31-22-23(27)29-12-30-24(22)33)19(9-28-18)32-6-5-21(35-2)17(26)11-32/h3-4,7-9,12-13,17,21H,5-6,10-11,26H2,1-2H3,(H2,27,29,30). The van der Waals surface area contributed by atoms with Crippen LogP contribution in [-0.2, 0) is 11.3 Å². The number of rotatable bonds is 6. The first-order chi connectivity index (χ1) is 17.0. The van der Waals surface area contributed by atoms with Gasteiger partial charge in [-0.05, 0) is 36.2 Å². The van der Waals surface area contributed by atoms with E-state index in [0.29, 0.717) is 41.3 Å². The van der Waals surface area contributed by atoms with Crippen LogP contribution in [0.1, 0.15) is 12.0 Å². The third-order valence-electron chi connectivity index (χ3n) is 6.42. The van der Waals surface area contributed by atoms with E-state index in [0.717, 1.165) is 24.2 Å². The fraction of sp³-hybridized carbons (Fsp3) is 0.333. The second-order valence-corrected chi connectivity index (χ2v) is 8.52. The van der Waals surface area contributed by atoms with Crippen LogP contribution in [0.4, 0.5) is 15.9 Å². The minimum absolute atomic E-state index is 0.0153. The minimum Gasteiger partial charge on any atom is -0.494 e. The number of anilines is 2. The van der Waals surface area contributed by atoms with E-state index in [9.17, 15) is 4.39 Å². The number of ether oxygens (including phenoxy) is 2. The summed E-state index contributed by atoms with van der Waals surface area (Å²) < 4.78 is 26.9. The third kappa shape index (κ3) is 4.35. The molecule has 4 aromatic rings. The molecule has 10 nitrogen and oxygen atoms in total. The summed E-state index contributed by atoms with van der Waals surface area (Å²) in [6.07, 6.45) is 5.75. The molecule has 5 rings (SSSR count). The van der Waals surface area contributed by atoms with Gasteiger partial charge in [0.2, 0.25) is 0 Å². The molecule has 1 aliphatic heterocycles. The van der Waals surface area contributed by atoms with Gasteiger partial charge < -0.3 is 30.4 Å². The lowest BCUT2D eigenvalue weighted by molar-refractivity contribution is 0.0664. The summed E-state index contributed by atoms with van der Waals surface area (Å²) in [5.74, 6) is 0.0614. The Morgan fingerprint density at radius 2 is 2.00 bits per heavy atom. The smallest absolute Gasteiger partial charge is 0.165 e. The number of piperidine rings is 1. The number of halogens is 1. The normalized spacial score (nSPS) is 18.2. The number of nitrogens with two attached hydrogens (primary N) is 2. The number of hydrogen-bond acceptors (Lipinski definition) is 9. The number of fused-ring (bicyclic) bond motifs is 1. The van der Waals surface area contributed by atoms with Crippen molar-refractivity contribution >= 4 is 22.7 Å². The highest BCUT2D eigenvalue weighted by molar-refractivity contribution is 5.81. The zero-order chi connectivity index (χ0) is 24.5. The molecule has 0 amide bonds. The van der Waals surface area contributed by atoms with E-state index in [2.05, 4.69) is 24.8 Å². The van der Waals surface area contributed by atoms with Gasteiger partial charge in [-0.3, -0.25) is 4.98 Å². The Morgan fingerprint density at radius 3 is 2.74 bits per heavy atom. The predicted molar refractivity (Wildman–Crippen MR) is 131 cm³/mol. The Hall–Kier alpha value is -3.83. The van der Waals surface area contributed by atoms with Crippen LogP contribution in [0.25, 0.3) is 22.4 Å². The average Bonchev–Trinajstić information content (AvgIpc) is 3.28. The van der Waals surface area contributed by atoms with Crippen molar-refractivity contribution in [3.63, 3.8) is 0 Å². The van der Waals surface area contributed by atoms with Gasteiger partial charge in [0.05, 0.1) is 43.7 Å². The van der Waals surface area contributed by atoms with E-state index in [1.807, 2.05) is 16.8 Å². The largest absolute Gasteiger partial charge is 0.494 e. The van der Waals surface area contributed by atoms with Crippen molar-refractivity contribution in [2.45, 2.75) is 25.1 Å². The molecule has 11 heteroatoms. The first kappa shape index (κ1) is 22.9. The van der Waals surface area contributed by atoms with Crippen LogP contribution in [0.3, 0.4) is 0 Å². The summed E-state index contributed by atoms with van der Waals surface area (Å²) in [5, 5.41) is 0. The van der Waals surface area contributed by atoms with Crippen LogP contribution < -0.4 is 21.1 Å². The maximum Gasteiger partial charge on any atom is 0.165 e. The van der Waals surface area contributed by atoms with Crippen molar-refractivity contribution in [3.8, 4) is 17.0 Å². The first-order valence-corrected chi connectivity index (χ1v) is 11.3. The number of hydrogen-bond donors (Lipinski definition) is 2. The van der Waals surface area contributed by atoms with Crippen LogP contribution in [-0.4, -0.2) is 64.0 Å². The van der Waals surface area contributed by atoms with E-state index in [-0.39, 0.29) is 17.9 Å². The molecule has 0 aliphatic carbocycles. The Morgan fingerprint density at radius 1 is 1.14 bits per heavy atom. The zero-order valence-electron chi connectivity index (χ0n) is 19.6. The second kappa shape index (κ2) is 9.43. The molecule has 35 heavy (non-hydrogen) atoms. The third-order valence-corrected chi connectivity index (χ3v) is 6.42. The van der Waals surface area contributed by atoms with Crippen LogP contribution in [0.2, 0.25) is 0 Å². The van der Waals surface area contributed by atoms with Crippen LogP contribution in [0.15, 0.2) is 43.1 Å². The summed E-state index contributed by atoms with van der Waals surface area (Å²) in [4.78, 5) is 19.6. The van der Waals surface area contributed by atoms with E-state index < -0.39 is 5.82 Å². The molecular weight excluding hydrogens is 451 g/mol. The van der Waals surface area contributed by atoms with E-state index >= 15 is 0 Å². The molecule has 3 aromatic heterocycles. The van der Waals surface area contributed by atoms with Crippen molar-refractivity contribution in [2.24, 2.45) is 5.73 Å². The number of nitrogen functional groups attached to an aromatic ring is 1. The lowest BCUT2D eigenvalue weighted by Gasteiger charge is -2.38. The SMILES string of the molecule is COc1ccc(-c2cc(Cn3cnc4c(N)ncnc43)c(N3CCC(OC)C(N)C3)cn2)cc1F. The summed E-state index contributed by atoms with van der Waals surface area (Å²) >= 11 is 0. The summed E-state index contributed by atoms with van der Waals surface area (Å²) in [6.45, 7) is 1.86. The highest BCUT2D eigenvalue weighted by Gasteiger charge is 2.28. The number of aromatic nitrogens is 5.